The highest BCUT2D eigenvalue weighted by Gasteiger charge is 2.36. The van der Waals surface area contributed by atoms with Crippen LogP contribution in [0.1, 0.15) is 39.5 Å². The van der Waals surface area contributed by atoms with Crippen LogP contribution in [0.4, 0.5) is 0 Å². The Morgan fingerprint density at radius 3 is 2.79 bits per heavy atom. The molecule has 3 nitrogen and oxygen atoms in total. The smallest absolute Gasteiger partial charge is 0.234 e. The van der Waals surface area contributed by atoms with Gasteiger partial charge in [-0.2, -0.15) is 0 Å². The Hall–Kier alpha value is -0.570. The summed E-state index contributed by atoms with van der Waals surface area (Å²) in [6, 6.07) is 0.478. The van der Waals surface area contributed by atoms with Crippen LogP contribution in [0.3, 0.4) is 0 Å². The minimum atomic E-state index is 0.155. The maximum Gasteiger partial charge on any atom is 0.234 e. The van der Waals surface area contributed by atoms with Gasteiger partial charge in [0.15, 0.2) is 0 Å². The Morgan fingerprint density at radius 2 is 2.14 bits per heavy atom. The first kappa shape index (κ1) is 11.5. The third kappa shape index (κ3) is 4.09. The molecular weight excluding hydrogens is 176 g/mol. The van der Waals surface area contributed by atoms with Crippen molar-refractivity contribution in [1.29, 1.82) is 0 Å². The van der Waals surface area contributed by atoms with Crippen LogP contribution in [0.5, 0.6) is 0 Å². The predicted octanol–water partition coefficient (Wildman–Crippen LogP) is 1.29. The lowest BCUT2D eigenvalue weighted by molar-refractivity contribution is -0.120. The third-order valence-electron chi connectivity index (χ3n) is 2.64. The summed E-state index contributed by atoms with van der Waals surface area (Å²) in [5, 5.41) is 6.15. The molecule has 1 amide bonds. The number of amides is 1. The highest BCUT2D eigenvalue weighted by molar-refractivity contribution is 5.78. The molecule has 82 valence electrons. The second-order valence-electron chi connectivity index (χ2n) is 4.14. The first-order valence-corrected chi connectivity index (χ1v) is 5.78. The van der Waals surface area contributed by atoms with Gasteiger partial charge in [0.2, 0.25) is 5.91 Å². The molecule has 0 heterocycles. The summed E-state index contributed by atoms with van der Waals surface area (Å²) in [6.07, 6.45) is 4.75. The van der Waals surface area contributed by atoms with Crippen molar-refractivity contribution in [3.63, 3.8) is 0 Å². The van der Waals surface area contributed by atoms with Gasteiger partial charge in [0.05, 0.1) is 6.54 Å². The molecule has 1 saturated carbocycles. The van der Waals surface area contributed by atoms with Crippen molar-refractivity contribution in [3.8, 4) is 0 Å². The van der Waals surface area contributed by atoms with E-state index in [1.54, 1.807) is 0 Å². The average Bonchev–Trinajstić information content (AvgIpc) is 2.85. The summed E-state index contributed by atoms with van der Waals surface area (Å²) in [5.74, 6) is 0.914. The van der Waals surface area contributed by atoms with Crippen molar-refractivity contribution in [2.24, 2.45) is 5.92 Å². The van der Waals surface area contributed by atoms with Gasteiger partial charge in [0.25, 0.3) is 0 Å². The second-order valence-corrected chi connectivity index (χ2v) is 4.14. The Bertz CT molecular complexity index is 182. The van der Waals surface area contributed by atoms with E-state index in [9.17, 15) is 4.79 Å². The van der Waals surface area contributed by atoms with Crippen LogP contribution < -0.4 is 10.6 Å². The van der Waals surface area contributed by atoms with E-state index in [1.165, 1.54) is 19.3 Å². The average molecular weight is 198 g/mol. The molecule has 1 aliphatic carbocycles. The van der Waals surface area contributed by atoms with E-state index in [2.05, 4.69) is 24.5 Å². The summed E-state index contributed by atoms with van der Waals surface area (Å²) < 4.78 is 0. The van der Waals surface area contributed by atoms with Crippen LogP contribution in [-0.4, -0.2) is 25.0 Å². The van der Waals surface area contributed by atoms with Gasteiger partial charge in [-0.15, -0.1) is 0 Å². The standard InChI is InChI=1S/C11H22N2O/c1-3-5-9-7-10(9)13-11(14)8-12-6-4-2/h9-10,12H,3-8H2,1-2H3,(H,13,14). The number of nitrogens with one attached hydrogen (secondary N) is 2. The van der Waals surface area contributed by atoms with Gasteiger partial charge in [0.1, 0.15) is 0 Å². The number of hydrogen-bond acceptors (Lipinski definition) is 2. The van der Waals surface area contributed by atoms with Crippen molar-refractivity contribution in [3.05, 3.63) is 0 Å². The molecule has 3 heteroatoms. The lowest BCUT2D eigenvalue weighted by atomic mass is 10.2. The van der Waals surface area contributed by atoms with Crippen LogP contribution in [0.25, 0.3) is 0 Å². The Labute approximate surface area is 86.6 Å². The number of hydrogen-bond donors (Lipinski definition) is 2. The SMILES string of the molecule is CCCNCC(=O)NC1CC1CCC. The molecule has 0 aromatic carbocycles. The topological polar surface area (TPSA) is 41.1 Å². The summed E-state index contributed by atoms with van der Waals surface area (Å²) in [7, 11) is 0. The van der Waals surface area contributed by atoms with Gasteiger partial charge >= 0.3 is 0 Å². The summed E-state index contributed by atoms with van der Waals surface area (Å²) in [6.45, 7) is 5.70. The van der Waals surface area contributed by atoms with Gasteiger partial charge in [-0.05, 0) is 31.7 Å². The molecule has 2 N–H and O–H groups in total. The summed E-state index contributed by atoms with van der Waals surface area (Å²) >= 11 is 0. The highest BCUT2D eigenvalue weighted by Crippen LogP contribution is 2.34. The minimum Gasteiger partial charge on any atom is -0.352 e. The van der Waals surface area contributed by atoms with Gasteiger partial charge < -0.3 is 10.6 Å². The fourth-order valence-electron chi connectivity index (χ4n) is 1.75. The molecule has 1 aliphatic rings. The zero-order valence-electron chi connectivity index (χ0n) is 9.31. The van der Waals surface area contributed by atoms with Gasteiger partial charge in [0, 0.05) is 6.04 Å². The molecule has 0 aromatic rings. The van der Waals surface area contributed by atoms with E-state index in [0.717, 1.165) is 18.9 Å². The zero-order chi connectivity index (χ0) is 10.4. The van der Waals surface area contributed by atoms with E-state index in [1.807, 2.05) is 0 Å². The van der Waals surface area contributed by atoms with Gasteiger partial charge in [-0.25, -0.2) is 0 Å². The molecule has 0 spiro atoms. The zero-order valence-corrected chi connectivity index (χ0v) is 9.31. The third-order valence-corrected chi connectivity index (χ3v) is 2.64. The molecule has 0 radical (unpaired) electrons. The highest BCUT2D eigenvalue weighted by atomic mass is 16.2. The summed E-state index contributed by atoms with van der Waals surface area (Å²) in [4.78, 5) is 11.3. The predicted molar refractivity (Wildman–Crippen MR) is 58.1 cm³/mol. The Balaban J connectivity index is 1.99. The molecule has 2 unspecified atom stereocenters. The molecule has 0 saturated heterocycles. The fraction of sp³-hybridized carbons (Fsp3) is 0.909. The van der Waals surface area contributed by atoms with Crippen molar-refractivity contribution < 1.29 is 4.79 Å². The molecule has 1 rings (SSSR count). The van der Waals surface area contributed by atoms with E-state index in [0.29, 0.717) is 12.6 Å². The van der Waals surface area contributed by atoms with Crippen LogP contribution in [0.15, 0.2) is 0 Å². The van der Waals surface area contributed by atoms with Gasteiger partial charge in [-0.3, -0.25) is 4.79 Å². The van der Waals surface area contributed by atoms with Crippen molar-refractivity contribution in [1.82, 2.24) is 10.6 Å². The fourth-order valence-corrected chi connectivity index (χ4v) is 1.75. The summed E-state index contributed by atoms with van der Waals surface area (Å²) in [5.41, 5.74) is 0. The normalized spacial score (nSPS) is 24.7. The molecule has 0 bridgehead atoms. The largest absolute Gasteiger partial charge is 0.352 e. The number of rotatable bonds is 7. The van der Waals surface area contributed by atoms with E-state index >= 15 is 0 Å². The van der Waals surface area contributed by atoms with E-state index in [-0.39, 0.29) is 5.91 Å². The molecule has 0 aromatic heterocycles. The van der Waals surface area contributed by atoms with Gasteiger partial charge in [-0.1, -0.05) is 20.3 Å². The lowest BCUT2D eigenvalue weighted by Crippen LogP contribution is -2.36. The monoisotopic (exact) mass is 198 g/mol. The van der Waals surface area contributed by atoms with Crippen molar-refractivity contribution in [2.45, 2.75) is 45.6 Å². The minimum absolute atomic E-state index is 0.155. The van der Waals surface area contributed by atoms with Crippen LogP contribution in [-0.2, 0) is 4.79 Å². The first-order chi connectivity index (χ1) is 6.77. The second kappa shape index (κ2) is 6.02. The number of carbonyl (C=O) groups is 1. The van der Waals surface area contributed by atoms with Crippen LogP contribution >= 0.6 is 0 Å². The number of carbonyl (C=O) groups excluding carboxylic acids is 1. The Kier molecular flexibility index (Phi) is 4.94. The van der Waals surface area contributed by atoms with E-state index < -0.39 is 0 Å². The van der Waals surface area contributed by atoms with Crippen molar-refractivity contribution in [2.75, 3.05) is 13.1 Å². The van der Waals surface area contributed by atoms with Crippen LogP contribution in [0, 0.1) is 5.92 Å². The van der Waals surface area contributed by atoms with Crippen LogP contribution in [0.2, 0.25) is 0 Å². The molecule has 2 atom stereocenters. The lowest BCUT2D eigenvalue weighted by Gasteiger charge is -2.05. The molecule has 14 heavy (non-hydrogen) atoms. The maximum absolute atomic E-state index is 11.3. The quantitative estimate of drug-likeness (QED) is 0.605. The van der Waals surface area contributed by atoms with E-state index in [4.69, 9.17) is 0 Å². The van der Waals surface area contributed by atoms with Crippen molar-refractivity contribution >= 4 is 5.91 Å². The molecular formula is C11H22N2O. The molecule has 0 aliphatic heterocycles. The first-order valence-electron chi connectivity index (χ1n) is 5.78. The molecule has 1 fully saturated rings. The Morgan fingerprint density at radius 1 is 1.36 bits per heavy atom. The maximum atomic E-state index is 11.3.